The number of carbonyl (C=O) groups excluding carboxylic acids is 2. The highest BCUT2D eigenvalue weighted by atomic mass is 31.2. The number of phosphoric ester groups is 1. The van der Waals surface area contributed by atoms with Crippen molar-refractivity contribution in [2.24, 2.45) is 0 Å². The first kappa shape index (κ1) is 74.9. The van der Waals surface area contributed by atoms with Crippen LogP contribution >= 0.6 is 7.82 Å². The lowest BCUT2D eigenvalue weighted by Crippen LogP contribution is -2.47. The van der Waals surface area contributed by atoms with Gasteiger partial charge in [0.25, 0.3) is 7.82 Å². The van der Waals surface area contributed by atoms with E-state index in [-0.39, 0.29) is 24.9 Å². The number of nitrogens with one attached hydrogen (secondary N) is 1. The van der Waals surface area contributed by atoms with Gasteiger partial charge in [0.1, 0.15) is 19.3 Å². The third-order valence-corrected chi connectivity index (χ3v) is 14.7. The molecular formula is C68H121N2O7P. The Kier molecular flexibility index (Phi) is 54.9. The monoisotopic (exact) mass is 1110 g/mol. The van der Waals surface area contributed by atoms with Gasteiger partial charge in [0.15, 0.2) is 0 Å². The van der Waals surface area contributed by atoms with E-state index >= 15 is 0 Å². The number of nitrogens with zero attached hydrogens (tertiary/aromatic N) is 1. The number of phosphoric acid groups is 1. The van der Waals surface area contributed by atoms with Gasteiger partial charge >= 0.3 is 5.97 Å². The second-order valence-electron chi connectivity index (χ2n) is 22.5. The maximum atomic E-state index is 13.5. The molecule has 0 aliphatic rings. The van der Waals surface area contributed by atoms with Crippen LogP contribution < -0.4 is 10.2 Å². The van der Waals surface area contributed by atoms with Crippen molar-refractivity contribution < 1.29 is 37.3 Å². The van der Waals surface area contributed by atoms with Crippen LogP contribution in [-0.4, -0.2) is 69.4 Å². The van der Waals surface area contributed by atoms with Gasteiger partial charge in [-0.05, 0) is 109 Å². The van der Waals surface area contributed by atoms with E-state index in [1.165, 1.54) is 116 Å². The molecule has 0 aromatic heterocycles. The zero-order valence-electron chi connectivity index (χ0n) is 51.3. The predicted octanol–water partition coefficient (Wildman–Crippen LogP) is 19.3. The van der Waals surface area contributed by atoms with E-state index in [1.807, 2.05) is 33.3 Å². The number of rotatable bonds is 57. The lowest BCUT2D eigenvalue weighted by molar-refractivity contribution is -0.870. The first-order chi connectivity index (χ1) is 37.9. The number of esters is 1. The van der Waals surface area contributed by atoms with E-state index in [0.29, 0.717) is 23.9 Å². The van der Waals surface area contributed by atoms with Gasteiger partial charge < -0.3 is 28.5 Å². The molecule has 0 saturated heterocycles. The molecule has 0 fully saturated rings. The highest BCUT2D eigenvalue weighted by Crippen LogP contribution is 2.38. The molecule has 0 aromatic carbocycles. The van der Waals surface area contributed by atoms with Gasteiger partial charge in [0.2, 0.25) is 5.91 Å². The molecule has 3 unspecified atom stereocenters. The number of carbonyl (C=O) groups is 2. The number of ether oxygens (including phenoxy) is 1. The Morgan fingerprint density at radius 2 is 0.821 bits per heavy atom. The Hall–Kier alpha value is -3.07. The molecule has 450 valence electrons. The summed E-state index contributed by atoms with van der Waals surface area (Å²) in [5, 5.41) is 3.02. The highest BCUT2D eigenvalue weighted by Gasteiger charge is 2.27. The molecule has 1 N–H and O–H groups in total. The van der Waals surface area contributed by atoms with E-state index < -0.39 is 26.6 Å². The fourth-order valence-corrected chi connectivity index (χ4v) is 9.54. The fourth-order valence-electron chi connectivity index (χ4n) is 8.81. The van der Waals surface area contributed by atoms with Crippen LogP contribution in [0.3, 0.4) is 0 Å². The summed E-state index contributed by atoms with van der Waals surface area (Å²) in [6.07, 6.45) is 76.6. The Labute approximate surface area is 481 Å². The normalized spacial score (nSPS) is 14.3. The Morgan fingerprint density at radius 3 is 1.26 bits per heavy atom. The number of allylic oxidation sites excluding steroid dienone is 15. The summed E-state index contributed by atoms with van der Waals surface area (Å²) in [5.74, 6) is -0.571. The smallest absolute Gasteiger partial charge is 0.306 e. The molecule has 0 aliphatic carbocycles. The van der Waals surface area contributed by atoms with E-state index in [2.05, 4.69) is 111 Å². The van der Waals surface area contributed by atoms with Gasteiger partial charge in [-0.1, -0.05) is 247 Å². The summed E-state index contributed by atoms with van der Waals surface area (Å²) in [6.45, 7) is 6.70. The van der Waals surface area contributed by atoms with Crippen molar-refractivity contribution in [2.75, 3.05) is 40.9 Å². The van der Waals surface area contributed by atoms with Gasteiger partial charge in [-0.15, -0.1) is 0 Å². The van der Waals surface area contributed by atoms with Crippen molar-refractivity contribution in [3.05, 3.63) is 97.2 Å². The minimum absolute atomic E-state index is 0.0300. The Morgan fingerprint density at radius 1 is 0.462 bits per heavy atom. The van der Waals surface area contributed by atoms with Crippen molar-refractivity contribution in [2.45, 2.75) is 283 Å². The van der Waals surface area contributed by atoms with Gasteiger partial charge in [-0.2, -0.15) is 0 Å². The molecule has 0 aliphatic heterocycles. The van der Waals surface area contributed by atoms with Crippen molar-refractivity contribution in [3.8, 4) is 0 Å². The van der Waals surface area contributed by atoms with Gasteiger partial charge in [-0.25, -0.2) is 0 Å². The summed E-state index contributed by atoms with van der Waals surface area (Å²) in [6, 6.07) is -0.903. The third kappa shape index (κ3) is 57.6. The topological polar surface area (TPSA) is 114 Å². The molecule has 10 heteroatoms. The van der Waals surface area contributed by atoms with Crippen LogP contribution in [0.25, 0.3) is 0 Å². The Bertz CT molecular complexity index is 1660. The summed E-state index contributed by atoms with van der Waals surface area (Å²) >= 11 is 0. The summed E-state index contributed by atoms with van der Waals surface area (Å²) in [4.78, 5) is 40.0. The largest absolute Gasteiger partial charge is 0.756 e. The molecule has 1 amide bonds. The standard InChI is InChI=1S/C68H121N2O7P/c1-7-10-13-16-19-22-25-28-29-30-31-32-33-34-35-36-37-38-39-40-41-43-45-48-51-54-57-60-67(71)69-65(64-76-78(73,74)75-63-62-70(4,5)6)66(59-56-53-50-47-44-27-24-21-18-15-12-9-3)77-68(72)61-58-55-52-49-46-42-26-23-20-17-14-11-8-2/h10,13,19,22,28-29,31-32,34-35,37-38,42,46,56,59,65-66H,7-9,11-12,14-18,20-21,23-27,30,33,36,39-41,43-45,47-55,57-58,60-64H2,1-6H3,(H-,69,71,73,74)/b13-10-,22-19-,29-28-,32-31-,35-34-,38-37-,46-42-,59-56-. The number of amides is 1. The molecule has 3 atom stereocenters. The molecule has 0 saturated carbocycles. The zero-order valence-corrected chi connectivity index (χ0v) is 52.2. The molecule has 0 bridgehead atoms. The molecule has 0 heterocycles. The molecular weight excluding hydrogens is 988 g/mol. The van der Waals surface area contributed by atoms with Crippen LogP contribution in [0.15, 0.2) is 97.2 Å². The minimum Gasteiger partial charge on any atom is -0.756 e. The number of hydrogen-bond acceptors (Lipinski definition) is 7. The Balaban J connectivity index is 5.13. The van der Waals surface area contributed by atoms with Crippen LogP contribution in [0.1, 0.15) is 271 Å². The summed E-state index contributed by atoms with van der Waals surface area (Å²) < 4.78 is 30.3. The van der Waals surface area contributed by atoms with Crippen molar-refractivity contribution >= 4 is 19.7 Å². The van der Waals surface area contributed by atoms with Crippen LogP contribution in [0.2, 0.25) is 0 Å². The number of hydrogen-bond donors (Lipinski definition) is 1. The lowest BCUT2D eigenvalue weighted by atomic mass is 10.0. The average Bonchev–Trinajstić information content (AvgIpc) is 3.40. The SMILES string of the molecule is CC/C=C\C/C=C\C/C=C\C/C=C\C/C=C\C/C=C\CCCCCCCCCCC(=O)NC(COP(=O)([O-])OCC[N+](C)(C)C)C(/C=C\CCCCCCCCCCCC)OC(=O)CCCCC/C=C\CCCCCCCC. The quantitative estimate of drug-likeness (QED) is 0.0212. The second-order valence-corrected chi connectivity index (χ2v) is 23.9. The number of likely N-dealkylation sites (N-methyl/N-ethyl adjacent to an activating group) is 1. The van der Waals surface area contributed by atoms with Crippen molar-refractivity contribution in [1.29, 1.82) is 0 Å². The maximum Gasteiger partial charge on any atom is 0.306 e. The second kappa shape index (κ2) is 57.2. The predicted molar refractivity (Wildman–Crippen MR) is 334 cm³/mol. The van der Waals surface area contributed by atoms with E-state index in [0.717, 1.165) is 116 Å². The molecule has 9 nitrogen and oxygen atoms in total. The van der Waals surface area contributed by atoms with Gasteiger partial charge in [0, 0.05) is 12.8 Å². The van der Waals surface area contributed by atoms with Gasteiger partial charge in [-0.3, -0.25) is 14.2 Å². The molecule has 0 spiro atoms. The summed E-state index contributed by atoms with van der Waals surface area (Å²) in [5.41, 5.74) is 0. The first-order valence-corrected chi connectivity index (χ1v) is 33.5. The van der Waals surface area contributed by atoms with Crippen molar-refractivity contribution in [3.63, 3.8) is 0 Å². The van der Waals surface area contributed by atoms with Crippen LogP contribution in [-0.2, 0) is 27.9 Å². The number of unbranched alkanes of at least 4 members (excludes halogenated alkanes) is 27. The lowest BCUT2D eigenvalue weighted by Gasteiger charge is -2.30. The van der Waals surface area contributed by atoms with E-state index in [9.17, 15) is 19.0 Å². The van der Waals surface area contributed by atoms with Gasteiger partial charge in [0.05, 0.1) is 33.8 Å². The van der Waals surface area contributed by atoms with E-state index in [1.54, 1.807) is 0 Å². The van der Waals surface area contributed by atoms with Crippen LogP contribution in [0.5, 0.6) is 0 Å². The average molecular weight is 1110 g/mol. The minimum atomic E-state index is -4.71. The molecule has 0 aromatic rings. The third-order valence-electron chi connectivity index (χ3n) is 13.7. The van der Waals surface area contributed by atoms with Crippen LogP contribution in [0.4, 0.5) is 0 Å². The highest BCUT2D eigenvalue weighted by molar-refractivity contribution is 7.45. The first-order valence-electron chi connectivity index (χ1n) is 32.0. The zero-order chi connectivity index (χ0) is 57.2. The van der Waals surface area contributed by atoms with Crippen molar-refractivity contribution in [1.82, 2.24) is 5.32 Å². The fraction of sp³-hybridized carbons (Fsp3) is 0.735. The number of quaternary nitrogens is 1. The summed E-state index contributed by atoms with van der Waals surface area (Å²) in [7, 11) is 1.16. The maximum absolute atomic E-state index is 13.5. The van der Waals surface area contributed by atoms with E-state index in [4.69, 9.17) is 13.8 Å². The molecule has 0 rings (SSSR count). The molecule has 78 heavy (non-hydrogen) atoms. The van der Waals surface area contributed by atoms with Crippen LogP contribution in [0, 0.1) is 0 Å². The molecule has 0 radical (unpaired) electrons.